The van der Waals surface area contributed by atoms with Crippen molar-refractivity contribution in [2.45, 2.75) is 11.8 Å². The van der Waals surface area contributed by atoms with Gasteiger partial charge in [-0.25, -0.2) is 9.37 Å². The van der Waals surface area contributed by atoms with Crippen LogP contribution in [0.4, 0.5) is 4.39 Å². The number of nitriles is 1. The van der Waals surface area contributed by atoms with E-state index >= 15 is 0 Å². The molecular weight excluding hydrogens is 353 g/mol. The van der Waals surface area contributed by atoms with E-state index in [0.717, 1.165) is 5.56 Å². The minimum absolute atomic E-state index is 0.0295. The summed E-state index contributed by atoms with van der Waals surface area (Å²) in [6.07, 6.45) is 1.79. The topological polar surface area (TPSA) is 78.8 Å². The molecule has 2 aromatic carbocycles. The number of hydrogen-bond acceptors (Lipinski definition) is 5. The van der Waals surface area contributed by atoms with E-state index < -0.39 is 11.4 Å². The Bertz CT molecular complexity index is 1030. The molecule has 0 saturated carbocycles. The molecule has 3 rings (SSSR count). The van der Waals surface area contributed by atoms with Gasteiger partial charge in [-0.05, 0) is 24.0 Å². The van der Waals surface area contributed by atoms with Crippen molar-refractivity contribution >= 4 is 11.8 Å². The standard InChI is InChI=1S/C19H14FN3O2S/c1-26-19-22-17(14(10-21)18(24)23-19)13-8-6-12(7-9-13)11-25-16-5-3-2-4-15(16)20/h2-9H,11H2,1H3,(H,22,23,24). The van der Waals surface area contributed by atoms with Crippen molar-refractivity contribution in [2.24, 2.45) is 0 Å². The Morgan fingerprint density at radius 3 is 2.62 bits per heavy atom. The number of aromatic amines is 1. The van der Waals surface area contributed by atoms with Gasteiger partial charge >= 0.3 is 0 Å². The fraction of sp³-hybridized carbons (Fsp3) is 0.105. The molecule has 0 aliphatic carbocycles. The van der Waals surface area contributed by atoms with E-state index in [0.29, 0.717) is 16.4 Å². The molecule has 7 heteroatoms. The molecule has 0 bridgehead atoms. The summed E-state index contributed by atoms with van der Waals surface area (Å²) in [4.78, 5) is 18.9. The lowest BCUT2D eigenvalue weighted by Crippen LogP contribution is -2.14. The monoisotopic (exact) mass is 367 g/mol. The first-order chi connectivity index (χ1) is 12.6. The third kappa shape index (κ3) is 3.76. The van der Waals surface area contributed by atoms with Crippen molar-refractivity contribution in [1.82, 2.24) is 9.97 Å². The van der Waals surface area contributed by atoms with E-state index in [9.17, 15) is 14.4 Å². The highest BCUT2D eigenvalue weighted by molar-refractivity contribution is 7.98. The van der Waals surface area contributed by atoms with Gasteiger partial charge in [-0.2, -0.15) is 5.26 Å². The Labute approximate surface area is 153 Å². The van der Waals surface area contributed by atoms with Gasteiger partial charge in [-0.3, -0.25) is 4.79 Å². The molecule has 0 unspecified atom stereocenters. The summed E-state index contributed by atoms with van der Waals surface area (Å²) in [7, 11) is 0. The molecule has 130 valence electrons. The summed E-state index contributed by atoms with van der Waals surface area (Å²) in [5, 5.41) is 9.68. The zero-order chi connectivity index (χ0) is 18.5. The van der Waals surface area contributed by atoms with E-state index in [1.165, 1.54) is 17.8 Å². The number of nitrogens with zero attached hydrogens (tertiary/aromatic N) is 2. The second kappa shape index (κ2) is 7.85. The van der Waals surface area contributed by atoms with Crippen LogP contribution in [0.5, 0.6) is 5.75 Å². The van der Waals surface area contributed by atoms with Crippen molar-refractivity contribution < 1.29 is 9.13 Å². The Balaban J connectivity index is 1.84. The predicted molar refractivity (Wildman–Crippen MR) is 97.5 cm³/mol. The van der Waals surface area contributed by atoms with Crippen LogP contribution in [0.15, 0.2) is 58.5 Å². The number of rotatable bonds is 5. The molecule has 1 N–H and O–H groups in total. The smallest absolute Gasteiger partial charge is 0.270 e. The Morgan fingerprint density at radius 1 is 1.23 bits per heavy atom. The van der Waals surface area contributed by atoms with Crippen LogP contribution in [-0.2, 0) is 6.61 Å². The van der Waals surface area contributed by atoms with Gasteiger partial charge in [0.15, 0.2) is 16.7 Å². The third-order valence-corrected chi connectivity index (χ3v) is 4.24. The van der Waals surface area contributed by atoms with Crippen LogP contribution in [-0.4, -0.2) is 16.2 Å². The fourth-order valence-electron chi connectivity index (χ4n) is 2.34. The summed E-state index contributed by atoms with van der Waals surface area (Å²) < 4.78 is 19.0. The number of hydrogen-bond donors (Lipinski definition) is 1. The molecule has 1 heterocycles. The van der Waals surface area contributed by atoms with Crippen molar-refractivity contribution in [2.75, 3.05) is 6.26 Å². The van der Waals surface area contributed by atoms with Crippen LogP contribution < -0.4 is 10.3 Å². The Morgan fingerprint density at radius 2 is 1.96 bits per heavy atom. The van der Waals surface area contributed by atoms with Crippen LogP contribution in [0, 0.1) is 17.1 Å². The molecule has 0 aliphatic heterocycles. The summed E-state index contributed by atoms with van der Waals surface area (Å²) in [6.45, 7) is 0.200. The van der Waals surface area contributed by atoms with Crippen molar-refractivity contribution in [1.29, 1.82) is 5.26 Å². The Hall–Kier alpha value is -3.11. The van der Waals surface area contributed by atoms with Gasteiger partial charge in [-0.15, -0.1) is 0 Å². The normalized spacial score (nSPS) is 10.3. The van der Waals surface area contributed by atoms with E-state index in [2.05, 4.69) is 9.97 Å². The molecule has 0 atom stereocenters. The van der Waals surface area contributed by atoms with E-state index in [-0.39, 0.29) is 17.9 Å². The van der Waals surface area contributed by atoms with Crippen LogP contribution in [0.1, 0.15) is 11.1 Å². The summed E-state index contributed by atoms with van der Waals surface area (Å²) in [5.74, 6) is -0.232. The highest BCUT2D eigenvalue weighted by atomic mass is 32.2. The summed E-state index contributed by atoms with van der Waals surface area (Å²) in [6, 6.07) is 15.2. The number of ether oxygens (including phenoxy) is 1. The third-order valence-electron chi connectivity index (χ3n) is 3.66. The Kier molecular flexibility index (Phi) is 5.34. The maximum Gasteiger partial charge on any atom is 0.270 e. The quantitative estimate of drug-likeness (QED) is 0.549. The average molecular weight is 367 g/mol. The summed E-state index contributed by atoms with van der Waals surface area (Å²) in [5.41, 5.74) is 1.32. The predicted octanol–water partition coefficient (Wildman–Crippen LogP) is 3.75. The van der Waals surface area contributed by atoms with Gasteiger partial charge in [-0.1, -0.05) is 48.2 Å². The highest BCUT2D eigenvalue weighted by Gasteiger charge is 2.13. The molecule has 0 aliphatic rings. The lowest BCUT2D eigenvalue weighted by molar-refractivity contribution is 0.290. The highest BCUT2D eigenvalue weighted by Crippen LogP contribution is 2.23. The number of thioether (sulfide) groups is 1. The largest absolute Gasteiger partial charge is 0.486 e. The lowest BCUT2D eigenvalue weighted by Gasteiger charge is -2.09. The zero-order valence-corrected chi connectivity index (χ0v) is 14.6. The molecule has 1 aromatic heterocycles. The number of benzene rings is 2. The molecule has 3 aromatic rings. The fourth-order valence-corrected chi connectivity index (χ4v) is 2.72. The summed E-state index contributed by atoms with van der Waals surface area (Å²) >= 11 is 1.29. The molecule has 0 fully saturated rings. The molecule has 0 amide bonds. The van der Waals surface area contributed by atoms with Gasteiger partial charge in [0.2, 0.25) is 0 Å². The molecule has 0 saturated heterocycles. The number of nitrogens with one attached hydrogen (secondary N) is 1. The molecule has 0 radical (unpaired) electrons. The van der Waals surface area contributed by atoms with Crippen molar-refractivity contribution in [3.8, 4) is 23.1 Å². The number of halogens is 1. The first kappa shape index (κ1) is 17.7. The van der Waals surface area contributed by atoms with Crippen LogP contribution in [0.2, 0.25) is 0 Å². The van der Waals surface area contributed by atoms with Gasteiger partial charge in [0.25, 0.3) is 5.56 Å². The first-order valence-corrected chi connectivity index (χ1v) is 8.90. The van der Waals surface area contributed by atoms with E-state index in [1.54, 1.807) is 48.7 Å². The minimum Gasteiger partial charge on any atom is -0.486 e. The molecule has 5 nitrogen and oxygen atoms in total. The van der Waals surface area contributed by atoms with Gasteiger partial charge < -0.3 is 9.72 Å². The maximum absolute atomic E-state index is 13.6. The molecule has 0 spiro atoms. The van der Waals surface area contributed by atoms with Crippen LogP contribution in [0.25, 0.3) is 11.3 Å². The van der Waals surface area contributed by atoms with Crippen LogP contribution in [0.3, 0.4) is 0 Å². The minimum atomic E-state index is -0.464. The second-order valence-corrected chi connectivity index (χ2v) is 6.12. The lowest BCUT2D eigenvalue weighted by atomic mass is 10.1. The average Bonchev–Trinajstić information content (AvgIpc) is 2.67. The van der Waals surface area contributed by atoms with E-state index in [4.69, 9.17) is 4.74 Å². The van der Waals surface area contributed by atoms with Crippen molar-refractivity contribution in [3.63, 3.8) is 0 Å². The van der Waals surface area contributed by atoms with E-state index in [1.807, 2.05) is 6.07 Å². The zero-order valence-electron chi connectivity index (χ0n) is 13.8. The van der Waals surface area contributed by atoms with Gasteiger partial charge in [0.05, 0.1) is 5.69 Å². The number of para-hydroxylation sites is 1. The number of H-pyrrole nitrogens is 1. The van der Waals surface area contributed by atoms with Gasteiger partial charge in [0.1, 0.15) is 18.2 Å². The first-order valence-electron chi connectivity index (χ1n) is 7.67. The maximum atomic E-state index is 13.6. The van der Waals surface area contributed by atoms with Crippen molar-refractivity contribution in [3.05, 3.63) is 75.8 Å². The van der Waals surface area contributed by atoms with Gasteiger partial charge in [0, 0.05) is 5.56 Å². The SMILES string of the molecule is CSc1nc(-c2ccc(COc3ccccc3F)cc2)c(C#N)c(=O)[nH]1. The second-order valence-electron chi connectivity index (χ2n) is 5.33. The number of aromatic nitrogens is 2. The van der Waals surface area contributed by atoms with Crippen LogP contribution >= 0.6 is 11.8 Å². The molecular formula is C19H14FN3O2S. The molecule has 26 heavy (non-hydrogen) atoms.